The molecule has 0 aromatic rings. The second kappa shape index (κ2) is 2.47. The number of carboxylic acid groups (broad SMARTS) is 1. The Morgan fingerprint density at radius 2 is 2.31 bits per heavy atom. The van der Waals surface area contributed by atoms with Gasteiger partial charge in [0.2, 0.25) is 0 Å². The zero-order valence-corrected chi connectivity index (χ0v) is 7.95. The lowest BCUT2D eigenvalue weighted by molar-refractivity contribution is -0.131. The van der Waals surface area contributed by atoms with E-state index in [1.54, 1.807) is 0 Å². The molecule has 13 heavy (non-hydrogen) atoms. The first-order valence-corrected chi connectivity index (χ1v) is 4.65. The van der Waals surface area contributed by atoms with E-state index in [4.69, 9.17) is 5.11 Å². The topological polar surface area (TPSA) is 37.3 Å². The Labute approximate surface area is 78.0 Å². The van der Waals surface area contributed by atoms with Crippen molar-refractivity contribution in [3.63, 3.8) is 0 Å². The van der Waals surface area contributed by atoms with Crippen molar-refractivity contribution in [2.24, 2.45) is 17.3 Å². The Morgan fingerprint density at radius 3 is 2.77 bits per heavy atom. The van der Waals surface area contributed by atoms with E-state index < -0.39 is 5.97 Å². The predicted molar refractivity (Wildman–Crippen MR) is 50.2 cm³/mol. The Balaban J connectivity index is 2.40. The fourth-order valence-electron chi connectivity index (χ4n) is 2.58. The Bertz CT molecular complexity index is 310. The summed E-state index contributed by atoms with van der Waals surface area (Å²) in [5, 5.41) is 8.73. The standard InChI is InChI=1S/C11H14O2/c1-11(2)8-4-3-7(5-8)9(11)6-10(12)13/h3-4,6-8H,5H2,1-2H3,(H,12,13). The molecular weight excluding hydrogens is 164 g/mol. The van der Waals surface area contributed by atoms with Crippen molar-refractivity contribution in [2.75, 3.05) is 0 Å². The molecule has 2 aliphatic rings. The summed E-state index contributed by atoms with van der Waals surface area (Å²) in [4.78, 5) is 10.6. The molecule has 2 heteroatoms. The molecule has 0 amide bonds. The molecule has 2 unspecified atom stereocenters. The van der Waals surface area contributed by atoms with Crippen molar-refractivity contribution >= 4 is 5.97 Å². The normalized spacial score (nSPS) is 37.2. The summed E-state index contributed by atoms with van der Waals surface area (Å²) in [5.41, 5.74) is 1.14. The number of aliphatic carboxylic acids is 1. The number of hydrogen-bond donors (Lipinski definition) is 1. The Hall–Kier alpha value is -1.05. The predicted octanol–water partition coefficient (Wildman–Crippen LogP) is 2.23. The van der Waals surface area contributed by atoms with Crippen LogP contribution in [0.25, 0.3) is 0 Å². The van der Waals surface area contributed by atoms with E-state index in [1.165, 1.54) is 6.08 Å². The van der Waals surface area contributed by atoms with Crippen LogP contribution in [0.15, 0.2) is 23.8 Å². The first-order valence-electron chi connectivity index (χ1n) is 4.65. The molecule has 0 spiro atoms. The number of rotatable bonds is 1. The van der Waals surface area contributed by atoms with Crippen molar-refractivity contribution in [2.45, 2.75) is 20.3 Å². The molecule has 0 aromatic carbocycles. The van der Waals surface area contributed by atoms with Gasteiger partial charge in [0.1, 0.15) is 0 Å². The van der Waals surface area contributed by atoms with Gasteiger partial charge in [-0.2, -0.15) is 0 Å². The molecular formula is C11H14O2. The highest BCUT2D eigenvalue weighted by molar-refractivity contribution is 5.81. The highest BCUT2D eigenvalue weighted by Crippen LogP contribution is 2.55. The Kier molecular flexibility index (Phi) is 1.62. The lowest BCUT2D eigenvalue weighted by atomic mass is 9.75. The van der Waals surface area contributed by atoms with Crippen LogP contribution >= 0.6 is 0 Å². The molecule has 2 bridgehead atoms. The molecule has 0 heterocycles. The number of hydrogen-bond acceptors (Lipinski definition) is 1. The molecule has 1 saturated carbocycles. The molecule has 2 nitrogen and oxygen atoms in total. The molecule has 2 atom stereocenters. The van der Waals surface area contributed by atoms with Crippen molar-refractivity contribution in [3.8, 4) is 0 Å². The van der Waals surface area contributed by atoms with Crippen molar-refractivity contribution in [1.29, 1.82) is 0 Å². The SMILES string of the molecule is CC1(C)C(=CC(=O)O)C2C=CC1C2. The lowest BCUT2D eigenvalue weighted by Crippen LogP contribution is -2.20. The summed E-state index contributed by atoms with van der Waals surface area (Å²) < 4.78 is 0. The van der Waals surface area contributed by atoms with Crippen LogP contribution in [-0.4, -0.2) is 11.1 Å². The van der Waals surface area contributed by atoms with Gasteiger partial charge in [0.05, 0.1) is 0 Å². The molecule has 0 radical (unpaired) electrons. The average Bonchev–Trinajstić information content (AvgIpc) is 2.53. The molecule has 70 valence electrons. The van der Waals surface area contributed by atoms with Gasteiger partial charge in [-0.05, 0) is 29.2 Å². The van der Waals surface area contributed by atoms with Crippen LogP contribution in [0, 0.1) is 17.3 Å². The van der Waals surface area contributed by atoms with E-state index in [-0.39, 0.29) is 5.41 Å². The molecule has 2 aliphatic carbocycles. The smallest absolute Gasteiger partial charge is 0.328 e. The average molecular weight is 178 g/mol. The van der Waals surface area contributed by atoms with Gasteiger partial charge in [0, 0.05) is 6.08 Å². The molecule has 0 aliphatic heterocycles. The minimum atomic E-state index is -0.816. The van der Waals surface area contributed by atoms with Crippen LogP contribution in [-0.2, 0) is 4.79 Å². The quantitative estimate of drug-likeness (QED) is 0.494. The fraction of sp³-hybridized carbons (Fsp3) is 0.545. The maximum atomic E-state index is 10.6. The third-order valence-corrected chi connectivity index (χ3v) is 3.43. The molecule has 1 N–H and O–H groups in total. The van der Waals surface area contributed by atoms with Gasteiger partial charge in [-0.3, -0.25) is 0 Å². The third-order valence-electron chi connectivity index (χ3n) is 3.43. The van der Waals surface area contributed by atoms with Crippen LogP contribution in [0.2, 0.25) is 0 Å². The maximum absolute atomic E-state index is 10.6. The molecule has 0 saturated heterocycles. The lowest BCUT2D eigenvalue weighted by Gasteiger charge is -2.29. The minimum absolute atomic E-state index is 0.0534. The van der Waals surface area contributed by atoms with E-state index in [1.807, 2.05) is 0 Å². The van der Waals surface area contributed by atoms with E-state index in [9.17, 15) is 4.79 Å². The van der Waals surface area contributed by atoms with Crippen LogP contribution in [0.3, 0.4) is 0 Å². The zero-order chi connectivity index (χ0) is 9.64. The van der Waals surface area contributed by atoms with E-state index in [0.717, 1.165) is 12.0 Å². The largest absolute Gasteiger partial charge is 0.478 e. The van der Waals surface area contributed by atoms with Gasteiger partial charge < -0.3 is 5.11 Å². The second-order valence-corrected chi connectivity index (χ2v) is 4.49. The first-order chi connectivity index (χ1) is 6.01. The zero-order valence-electron chi connectivity index (χ0n) is 7.95. The van der Waals surface area contributed by atoms with Crippen LogP contribution in [0.4, 0.5) is 0 Å². The summed E-state index contributed by atoms with van der Waals surface area (Å²) in [6.07, 6.45) is 6.87. The van der Waals surface area contributed by atoms with E-state index >= 15 is 0 Å². The molecule has 0 aromatic heterocycles. The summed E-state index contributed by atoms with van der Waals surface area (Å²) in [6.45, 7) is 4.27. The fourth-order valence-corrected chi connectivity index (χ4v) is 2.58. The van der Waals surface area contributed by atoms with Crippen molar-refractivity contribution in [1.82, 2.24) is 0 Å². The number of carboxylic acids is 1. The van der Waals surface area contributed by atoms with Gasteiger partial charge in [-0.25, -0.2) is 4.79 Å². The van der Waals surface area contributed by atoms with Crippen LogP contribution < -0.4 is 0 Å². The summed E-state index contributed by atoms with van der Waals surface area (Å²) in [5.74, 6) is 0.114. The molecule has 1 fully saturated rings. The summed E-state index contributed by atoms with van der Waals surface area (Å²) in [7, 11) is 0. The van der Waals surface area contributed by atoms with Crippen LogP contribution in [0.1, 0.15) is 20.3 Å². The van der Waals surface area contributed by atoms with Crippen molar-refractivity contribution < 1.29 is 9.90 Å². The summed E-state index contributed by atoms with van der Waals surface area (Å²) in [6, 6.07) is 0. The third kappa shape index (κ3) is 1.12. The van der Waals surface area contributed by atoms with Crippen LogP contribution in [0.5, 0.6) is 0 Å². The van der Waals surface area contributed by atoms with Gasteiger partial charge in [0.25, 0.3) is 0 Å². The number of fused-ring (bicyclic) bond motifs is 2. The van der Waals surface area contributed by atoms with E-state index in [0.29, 0.717) is 11.8 Å². The second-order valence-electron chi connectivity index (χ2n) is 4.49. The Morgan fingerprint density at radius 1 is 1.62 bits per heavy atom. The molecule has 2 rings (SSSR count). The van der Waals surface area contributed by atoms with Gasteiger partial charge in [-0.1, -0.05) is 26.0 Å². The first kappa shape index (κ1) is 8.54. The van der Waals surface area contributed by atoms with Gasteiger partial charge in [-0.15, -0.1) is 0 Å². The van der Waals surface area contributed by atoms with Gasteiger partial charge in [0.15, 0.2) is 0 Å². The highest BCUT2D eigenvalue weighted by Gasteiger charge is 2.45. The minimum Gasteiger partial charge on any atom is -0.478 e. The van der Waals surface area contributed by atoms with Crippen molar-refractivity contribution in [3.05, 3.63) is 23.8 Å². The number of carbonyl (C=O) groups is 1. The number of allylic oxidation sites excluding steroid dienone is 3. The monoisotopic (exact) mass is 178 g/mol. The highest BCUT2D eigenvalue weighted by atomic mass is 16.4. The summed E-state index contributed by atoms with van der Waals surface area (Å²) >= 11 is 0. The van der Waals surface area contributed by atoms with Gasteiger partial charge >= 0.3 is 5.97 Å². The maximum Gasteiger partial charge on any atom is 0.328 e. The van der Waals surface area contributed by atoms with E-state index in [2.05, 4.69) is 26.0 Å².